The van der Waals surface area contributed by atoms with E-state index in [1.165, 1.54) is 11.1 Å². The summed E-state index contributed by atoms with van der Waals surface area (Å²) >= 11 is 1.81. The van der Waals surface area contributed by atoms with Gasteiger partial charge < -0.3 is 0 Å². The lowest BCUT2D eigenvalue weighted by Crippen LogP contribution is -1.88. The van der Waals surface area contributed by atoms with Crippen LogP contribution in [0.15, 0.2) is 48.5 Å². The first kappa shape index (κ1) is 13.6. The van der Waals surface area contributed by atoms with Crippen molar-refractivity contribution in [1.82, 2.24) is 0 Å². The van der Waals surface area contributed by atoms with Crippen molar-refractivity contribution in [2.24, 2.45) is 0 Å². The number of hydrogen-bond donors (Lipinski definition) is 0. The van der Waals surface area contributed by atoms with Gasteiger partial charge in [0.1, 0.15) is 0 Å². The minimum absolute atomic E-state index is 0.146. The van der Waals surface area contributed by atoms with Gasteiger partial charge in [0.25, 0.3) is 5.69 Å². The highest BCUT2D eigenvalue weighted by Gasteiger charge is 2.03. The smallest absolute Gasteiger partial charge is 0.258 e. The van der Waals surface area contributed by atoms with Crippen molar-refractivity contribution in [3.63, 3.8) is 0 Å². The average Bonchev–Trinajstić information content (AvgIpc) is 2.41. The number of nitro groups is 1. The summed E-state index contributed by atoms with van der Waals surface area (Å²) in [7, 11) is 0. The Morgan fingerprint density at radius 1 is 0.947 bits per heavy atom. The van der Waals surface area contributed by atoms with Crippen LogP contribution in [0.5, 0.6) is 0 Å². The van der Waals surface area contributed by atoms with Crippen molar-refractivity contribution >= 4 is 17.4 Å². The first-order valence-corrected chi connectivity index (χ1v) is 7.17. The molecule has 0 aromatic heterocycles. The number of non-ortho nitro benzene ring substituents is 1. The predicted octanol–water partition coefficient (Wildman–Crippen LogP) is 4.34. The van der Waals surface area contributed by atoms with Gasteiger partial charge in [-0.1, -0.05) is 42.0 Å². The fourth-order valence-electron chi connectivity index (χ4n) is 1.68. The van der Waals surface area contributed by atoms with E-state index in [4.69, 9.17) is 0 Å². The van der Waals surface area contributed by atoms with Crippen molar-refractivity contribution in [3.05, 3.63) is 75.3 Å². The van der Waals surface area contributed by atoms with Crippen molar-refractivity contribution in [3.8, 4) is 0 Å². The summed E-state index contributed by atoms with van der Waals surface area (Å²) in [5, 5.41) is 10.5. The molecule has 4 heteroatoms. The Morgan fingerprint density at radius 3 is 1.89 bits per heavy atom. The van der Waals surface area contributed by atoms with Crippen molar-refractivity contribution in [1.29, 1.82) is 0 Å². The quantitative estimate of drug-likeness (QED) is 0.601. The molecule has 0 aliphatic rings. The van der Waals surface area contributed by atoms with Crippen LogP contribution in [0.4, 0.5) is 5.69 Å². The minimum Gasteiger partial charge on any atom is -0.258 e. The lowest BCUT2D eigenvalue weighted by Gasteiger charge is -2.03. The molecule has 0 amide bonds. The maximum absolute atomic E-state index is 10.5. The lowest BCUT2D eigenvalue weighted by atomic mass is 10.2. The molecule has 0 bridgehead atoms. The first-order valence-electron chi connectivity index (χ1n) is 6.02. The highest BCUT2D eigenvalue weighted by Crippen LogP contribution is 2.20. The Bertz CT molecular complexity index is 549. The molecule has 0 heterocycles. The molecule has 98 valence electrons. The van der Waals surface area contributed by atoms with E-state index in [0.717, 1.165) is 17.1 Å². The predicted molar refractivity (Wildman–Crippen MR) is 79.3 cm³/mol. The fourth-order valence-corrected chi connectivity index (χ4v) is 2.64. The molecule has 3 nitrogen and oxygen atoms in total. The Hall–Kier alpha value is -1.81. The van der Waals surface area contributed by atoms with E-state index in [9.17, 15) is 10.1 Å². The molecule has 2 aromatic carbocycles. The highest BCUT2D eigenvalue weighted by molar-refractivity contribution is 7.97. The second kappa shape index (κ2) is 6.38. The topological polar surface area (TPSA) is 43.1 Å². The third-order valence-electron chi connectivity index (χ3n) is 2.81. The van der Waals surface area contributed by atoms with Crippen molar-refractivity contribution in [2.75, 3.05) is 0 Å². The number of rotatable bonds is 5. The van der Waals surface area contributed by atoms with Gasteiger partial charge in [0, 0.05) is 23.6 Å². The van der Waals surface area contributed by atoms with E-state index >= 15 is 0 Å². The molecular weight excluding hydrogens is 258 g/mol. The Morgan fingerprint density at radius 2 is 1.42 bits per heavy atom. The van der Waals surface area contributed by atoms with E-state index < -0.39 is 0 Å². The molecule has 0 saturated heterocycles. The van der Waals surface area contributed by atoms with Crippen LogP contribution in [-0.4, -0.2) is 4.92 Å². The zero-order valence-electron chi connectivity index (χ0n) is 10.7. The van der Waals surface area contributed by atoms with Crippen LogP contribution in [0.3, 0.4) is 0 Å². The zero-order valence-corrected chi connectivity index (χ0v) is 11.5. The van der Waals surface area contributed by atoms with Gasteiger partial charge in [-0.05, 0) is 18.1 Å². The van der Waals surface area contributed by atoms with Crippen LogP contribution < -0.4 is 0 Å². The summed E-state index contributed by atoms with van der Waals surface area (Å²) in [6.45, 7) is 2.08. The molecule has 0 radical (unpaired) electrons. The Labute approximate surface area is 116 Å². The minimum atomic E-state index is -0.372. The number of benzene rings is 2. The normalized spacial score (nSPS) is 10.4. The van der Waals surface area contributed by atoms with Crippen LogP contribution in [0.2, 0.25) is 0 Å². The van der Waals surface area contributed by atoms with Crippen LogP contribution in [0.1, 0.15) is 16.7 Å². The monoisotopic (exact) mass is 273 g/mol. The molecule has 0 unspecified atom stereocenters. The summed E-state index contributed by atoms with van der Waals surface area (Å²) in [6, 6.07) is 15.3. The molecule has 0 spiro atoms. The summed E-state index contributed by atoms with van der Waals surface area (Å²) in [5.41, 5.74) is 3.83. The van der Waals surface area contributed by atoms with Crippen LogP contribution in [-0.2, 0) is 11.5 Å². The zero-order chi connectivity index (χ0) is 13.7. The van der Waals surface area contributed by atoms with Crippen molar-refractivity contribution in [2.45, 2.75) is 18.4 Å². The molecule has 0 N–H and O–H groups in total. The van der Waals surface area contributed by atoms with Crippen LogP contribution in [0.25, 0.3) is 0 Å². The van der Waals surface area contributed by atoms with Gasteiger partial charge in [0.2, 0.25) is 0 Å². The van der Waals surface area contributed by atoms with Gasteiger partial charge in [-0.3, -0.25) is 10.1 Å². The number of hydrogen-bond acceptors (Lipinski definition) is 3. The third-order valence-corrected chi connectivity index (χ3v) is 3.88. The summed E-state index contributed by atoms with van der Waals surface area (Å²) in [5.74, 6) is 1.82. The van der Waals surface area contributed by atoms with Crippen LogP contribution in [0, 0.1) is 17.0 Å². The second-order valence-corrected chi connectivity index (χ2v) is 5.39. The molecule has 0 aliphatic heterocycles. The number of nitrogens with zero attached hydrogens (tertiary/aromatic N) is 1. The van der Waals surface area contributed by atoms with E-state index in [1.54, 1.807) is 12.1 Å². The molecule has 0 saturated carbocycles. The summed E-state index contributed by atoms with van der Waals surface area (Å²) in [4.78, 5) is 10.2. The maximum Gasteiger partial charge on any atom is 0.269 e. The summed E-state index contributed by atoms with van der Waals surface area (Å²) in [6.07, 6.45) is 0. The van der Waals surface area contributed by atoms with Gasteiger partial charge in [-0.25, -0.2) is 0 Å². The number of thioether (sulfide) groups is 1. The molecule has 2 rings (SSSR count). The second-order valence-electron chi connectivity index (χ2n) is 4.40. The SMILES string of the molecule is Cc1ccc(CSCc2ccc([N+](=O)[O-])cc2)cc1. The molecule has 0 atom stereocenters. The van der Waals surface area contributed by atoms with Crippen molar-refractivity contribution < 1.29 is 4.92 Å². The van der Waals surface area contributed by atoms with Crippen LogP contribution >= 0.6 is 11.8 Å². The first-order chi connectivity index (χ1) is 9.15. The van der Waals surface area contributed by atoms with E-state index in [-0.39, 0.29) is 10.6 Å². The Kier molecular flexibility index (Phi) is 4.58. The molecular formula is C15H15NO2S. The van der Waals surface area contributed by atoms with E-state index in [2.05, 4.69) is 31.2 Å². The molecule has 2 aromatic rings. The van der Waals surface area contributed by atoms with Gasteiger partial charge in [0.15, 0.2) is 0 Å². The average molecular weight is 273 g/mol. The van der Waals surface area contributed by atoms with Gasteiger partial charge in [-0.15, -0.1) is 0 Å². The highest BCUT2D eigenvalue weighted by atomic mass is 32.2. The fraction of sp³-hybridized carbons (Fsp3) is 0.200. The Balaban J connectivity index is 1.85. The van der Waals surface area contributed by atoms with Gasteiger partial charge in [0.05, 0.1) is 4.92 Å². The molecule has 19 heavy (non-hydrogen) atoms. The largest absolute Gasteiger partial charge is 0.269 e. The number of nitro benzene ring substituents is 1. The molecule has 0 fully saturated rings. The standard InChI is InChI=1S/C15H15NO2S/c1-12-2-4-13(5-3-12)10-19-11-14-6-8-15(9-7-14)16(17)18/h2-9H,10-11H2,1H3. The van der Waals surface area contributed by atoms with E-state index in [1.807, 2.05) is 23.9 Å². The summed E-state index contributed by atoms with van der Waals surface area (Å²) < 4.78 is 0. The van der Waals surface area contributed by atoms with E-state index in [0.29, 0.717) is 0 Å². The lowest BCUT2D eigenvalue weighted by molar-refractivity contribution is -0.384. The van der Waals surface area contributed by atoms with Gasteiger partial charge >= 0.3 is 0 Å². The maximum atomic E-state index is 10.5. The van der Waals surface area contributed by atoms with Gasteiger partial charge in [-0.2, -0.15) is 11.8 Å². The third kappa shape index (κ3) is 4.10. The number of aryl methyl sites for hydroxylation is 1. The molecule has 0 aliphatic carbocycles.